The molecule has 2 N–H and O–H groups in total. The number of nitrogens with one attached hydrogen (secondary N) is 2. The minimum atomic E-state index is -3.50. The molecule has 2 aromatic heterocycles. The van der Waals surface area contributed by atoms with Gasteiger partial charge in [0.05, 0.1) is 3.79 Å². The molecule has 0 bridgehead atoms. The molecule has 2 heterocycles. The van der Waals surface area contributed by atoms with Gasteiger partial charge in [-0.05, 0) is 57.4 Å². The van der Waals surface area contributed by atoms with Gasteiger partial charge in [0.15, 0.2) is 0 Å². The van der Waals surface area contributed by atoms with Crippen LogP contribution in [-0.4, -0.2) is 15.0 Å². The molecule has 0 atom stereocenters. The molecule has 2 rings (SSSR count). The number of hydrogen-bond acceptors (Lipinski definition) is 5. The maximum Gasteiger partial charge on any atom is 0.242 e. The summed E-state index contributed by atoms with van der Waals surface area (Å²) in [5.74, 6) is 0. The number of aryl methyl sites for hydroxylation is 1. The van der Waals surface area contributed by atoms with Crippen LogP contribution in [0.4, 0.5) is 0 Å². The molecule has 0 spiro atoms. The molecule has 0 fully saturated rings. The van der Waals surface area contributed by atoms with Crippen LogP contribution in [0.5, 0.6) is 0 Å². The lowest BCUT2D eigenvalue weighted by Crippen LogP contribution is -2.23. The monoisotopic (exact) mass is 408 g/mol. The van der Waals surface area contributed by atoms with Crippen molar-refractivity contribution in [3.8, 4) is 0 Å². The molecular weight excluding hydrogens is 392 g/mol. The lowest BCUT2D eigenvalue weighted by atomic mass is 10.2. The fraction of sp³-hybridized carbons (Fsp3) is 0.385. The van der Waals surface area contributed by atoms with Gasteiger partial charge in [-0.3, -0.25) is 0 Å². The van der Waals surface area contributed by atoms with Gasteiger partial charge in [-0.15, -0.1) is 11.3 Å². The van der Waals surface area contributed by atoms with Gasteiger partial charge in [-0.25, -0.2) is 13.1 Å². The number of hydrogen-bond donors (Lipinski definition) is 2. The average Bonchev–Trinajstić information content (AvgIpc) is 3.00. The zero-order valence-corrected chi connectivity index (χ0v) is 15.8. The van der Waals surface area contributed by atoms with Gasteiger partial charge in [0, 0.05) is 18.0 Å². The molecule has 0 aliphatic carbocycles. The Kier molecular flexibility index (Phi) is 5.98. The zero-order valence-electron chi connectivity index (χ0n) is 11.8. The second kappa shape index (κ2) is 7.34. The minimum Gasteiger partial charge on any atom is -0.312 e. The fourth-order valence-corrected chi connectivity index (χ4v) is 6.25. The van der Waals surface area contributed by atoms with Gasteiger partial charge in [-0.1, -0.05) is 6.92 Å². The smallest absolute Gasteiger partial charge is 0.242 e. The summed E-state index contributed by atoms with van der Waals surface area (Å²) in [6.07, 6.45) is 0. The topological polar surface area (TPSA) is 58.2 Å². The predicted molar refractivity (Wildman–Crippen MR) is 92.5 cm³/mol. The lowest BCUT2D eigenvalue weighted by molar-refractivity contribution is 0.581. The van der Waals surface area contributed by atoms with Crippen molar-refractivity contribution in [2.24, 2.45) is 0 Å². The standard InChI is InChI=1S/C13H17BrN2O2S3/c1-3-15-6-11-4-12(13(14)20-11)21(17,18)16-5-10-8-19-7-9(10)2/h4,7-8,15-16H,3,5-6H2,1-2H3. The van der Waals surface area contributed by atoms with Gasteiger partial charge < -0.3 is 5.32 Å². The van der Waals surface area contributed by atoms with Crippen LogP contribution < -0.4 is 10.0 Å². The summed E-state index contributed by atoms with van der Waals surface area (Å²) in [7, 11) is -3.50. The molecule has 0 aliphatic rings. The van der Waals surface area contributed by atoms with Crippen molar-refractivity contribution in [1.82, 2.24) is 10.0 Å². The summed E-state index contributed by atoms with van der Waals surface area (Å²) in [4.78, 5) is 1.31. The molecule has 116 valence electrons. The van der Waals surface area contributed by atoms with E-state index in [2.05, 4.69) is 26.0 Å². The van der Waals surface area contributed by atoms with Gasteiger partial charge in [0.25, 0.3) is 0 Å². The van der Waals surface area contributed by atoms with Gasteiger partial charge in [0.2, 0.25) is 10.0 Å². The van der Waals surface area contributed by atoms with Crippen LogP contribution in [0.15, 0.2) is 25.5 Å². The molecule has 4 nitrogen and oxygen atoms in total. The molecule has 0 saturated carbocycles. The first kappa shape index (κ1) is 17.1. The van der Waals surface area contributed by atoms with E-state index in [0.717, 1.165) is 22.5 Å². The molecule has 0 unspecified atom stereocenters. The Morgan fingerprint density at radius 2 is 2.05 bits per heavy atom. The molecule has 0 aliphatic heterocycles. The van der Waals surface area contributed by atoms with E-state index in [0.29, 0.717) is 21.8 Å². The third kappa shape index (κ3) is 4.37. The maximum absolute atomic E-state index is 12.4. The van der Waals surface area contributed by atoms with E-state index in [1.807, 2.05) is 24.6 Å². The summed E-state index contributed by atoms with van der Waals surface area (Å²) < 4.78 is 28.1. The van der Waals surface area contributed by atoms with E-state index in [1.165, 1.54) is 11.3 Å². The highest BCUT2D eigenvalue weighted by Gasteiger charge is 2.20. The summed E-state index contributed by atoms with van der Waals surface area (Å²) in [5.41, 5.74) is 2.13. The van der Waals surface area contributed by atoms with Crippen molar-refractivity contribution in [2.75, 3.05) is 6.54 Å². The van der Waals surface area contributed by atoms with E-state index < -0.39 is 10.0 Å². The number of thiophene rings is 2. The Labute approximate surface area is 141 Å². The minimum absolute atomic E-state index is 0.313. The summed E-state index contributed by atoms with van der Waals surface area (Å²) in [6, 6.07) is 1.72. The van der Waals surface area contributed by atoms with E-state index in [-0.39, 0.29) is 0 Å². The quantitative estimate of drug-likeness (QED) is 0.736. The highest BCUT2D eigenvalue weighted by atomic mass is 79.9. The van der Waals surface area contributed by atoms with Crippen molar-refractivity contribution in [1.29, 1.82) is 0 Å². The molecule has 8 heteroatoms. The molecule has 0 radical (unpaired) electrons. The molecule has 2 aromatic rings. The van der Waals surface area contributed by atoms with Gasteiger partial charge >= 0.3 is 0 Å². The Morgan fingerprint density at radius 1 is 1.29 bits per heavy atom. The second-order valence-electron chi connectivity index (χ2n) is 4.54. The van der Waals surface area contributed by atoms with E-state index in [9.17, 15) is 8.42 Å². The number of rotatable bonds is 7. The maximum atomic E-state index is 12.4. The Balaban J connectivity index is 2.12. The second-order valence-corrected chi connectivity index (χ2v) is 9.47. The fourth-order valence-electron chi connectivity index (χ4n) is 1.73. The van der Waals surface area contributed by atoms with Crippen molar-refractivity contribution in [3.63, 3.8) is 0 Å². The van der Waals surface area contributed by atoms with Crippen LogP contribution in [0.3, 0.4) is 0 Å². The van der Waals surface area contributed by atoms with Crippen molar-refractivity contribution in [3.05, 3.63) is 36.6 Å². The first-order valence-electron chi connectivity index (χ1n) is 6.44. The van der Waals surface area contributed by atoms with Crippen molar-refractivity contribution >= 4 is 48.6 Å². The predicted octanol–water partition coefficient (Wildman–Crippen LogP) is 3.47. The van der Waals surface area contributed by atoms with Crippen LogP contribution in [-0.2, 0) is 23.1 Å². The Hall–Kier alpha value is -0.250. The molecule has 0 aromatic carbocycles. The largest absolute Gasteiger partial charge is 0.312 e. The van der Waals surface area contributed by atoms with Crippen LogP contribution in [0.25, 0.3) is 0 Å². The third-order valence-electron chi connectivity index (χ3n) is 2.96. The molecule has 0 saturated heterocycles. The summed E-state index contributed by atoms with van der Waals surface area (Å²) in [5, 5.41) is 7.18. The molecule has 0 amide bonds. The van der Waals surface area contributed by atoms with Crippen LogP contribution in [0, 0.1) is 6.92 Å². The normalized spacial score (nSPS) is 12.0. The highest BCUT2D eigenvalue weighted by molar-refractivity contribution is 9.11. The third-order valence-corrected chi connectivity index (χ3v) is 7.52. The number of halogens is 1. The zero-order chi connectivity index (χ0) is 15.5. The summed E-state index contributed by atoms with van der Waals surface area (Å²) >= 11 is 6.38. The van der Waals surface area contributed by atoms with Crippen LogP contribution in [0.1, 0.15) is 22.9 Å². The number of sulfonamides is 1. The summed E-state index contributed by atoms with van der Waals surface area (Å²) in [6.45, 7) is 5.86. The molecular formula is C13H17BrN2O2S3. The SMILES string of the molecule is CCNCc1cc(S(=O)(=O)NCc2cscc2C)c(Br)s1. The first-order valence-corrected chi connectivity index (χ1v) is 10.5. The van der Waals surface area contributed by atoms with Gasteiger partial charge in [0.1, 0.15) is 4.90 Å². The molecule has 21 heavy (non-hydrogen) atoms. The van der Waals surface area contributed by atoms with E-state index >= 15 is 0 Å². The average molecular weight is 409 g/mol. The first-order chi connectivity index (χ1) is 9.94. The highest BCUT2D eigenvalue weighted by Crippen LogP contribution is 2.31. The lowest BCUT2D eigenvalue weighted by Gasteiger charge is -2.05. The van der Waals surface area contributed by atoms with Gasteiger partial charge in [-0.2, -0.15) is 11.3 Å². The van der Waals surface area contributed by atoms with Crippen molar-refractivity contribution in [2.45, 2.75) is 31.8 Å². The Bertz CT molecular complexity index is 707. The van der Waals surface area contributed by atoms with Crippen LogP contribution in [0.2, 0.25) is 0 Å². The van der Waals surface area contributed by atoms with E-state index in [4.69, 9.17) is 0 Å². The van der Waals surface area contributed by atoms with Crippen molar-refractivity contribution < 1.29 is 8.42 Å². The Morgan fingerprint density at radius 3 is 2.67 bits per heavy atom. The van der Waals surface area contributed by atoms with Crippen LogP contribution >= 0.6 is 38.6 Å². The van der Waals surface area contributed by atoms with E-state index in [1.54, 1.807) is 17.4 Å².